The van der Waals surface area contributed by atoms with Gasteiger partial charge < -0.3 is 9.47 Å². The van der Waals surface area contributed by atoms with Crippen molar-refractivity contribution in [2.45, 2.75) is 51.9 Å². The minimum absolute atomic E-state index is 0.0155. The first kappa shape index (κ1) is 18.7. The molecule has 0 radical (unpaired) electrons. The maximum atomic E-state index is 13.4. The number of carbonyl (C=O) groups is 1. The molecule has 2 aromatic rings. The Morgan fingerprint density at radius 2 is 1.62 bits per heavy atom. The number of benzene rings is 1. The molecule has 4 heteroatoms. The zero-order valence-electron chi connectivity index (χ0n) is 17.3. The molecule has 4 nitrogen and oxygen atoms in total. The molecule has 1 heterocycles. The fourth-order valence-corrected chi connectivity index (χ4v) is 6.32. The Hall–Kier alpha value is -2.36. The molecular formula is C25H29NO3. The molecule has 6 rings (SSSR count). The van der Waals surface area contributed by atoms with Gasteiger partial charge in [0, 0.05) is 12.1 Å². The van der Waals surface area contributed by atoms with Crippen molar-refractivity contribution >= 4 is 5.97 Å². The van der Waals surface area contributed by atoms with Crippen molar-refractivity contribution in [3.05, 3.63) is 53.3 Å². The summed E-state index contributed by atoms with van der Waals surface area (Å²) < 4.78 is 11.3. The van der Waals surface area contributed by atoms with Gasteiger partial charge in [0.25, 0.3) is 0 Å². The van der Waals surface area contributed by atoms with Crippen LogP contribution in [0.4, 0.5) is 0 Å². The molecule has 4 aliphatic rings. The normalized spacial score (nSPS) is 29.7. The van der Waals surface area contributed by atoms with Gasteiger partial charge in [0.15, 0.2) is 5.75 Å². The van der Waals surface area contributed by atoms with Crippen LogP contribution in [0.1, 0.15) is 55.5 Å². The third-order valence-corrected chi connectivity index (χ3v) is 7.28. The second-order valence-electron chi connectivity index (χ2n) is 9.51. The third-order valence-electron chi connectivity index (χ3n) is 7.28. The van der Waals surface area contributed by atoms with Gasteiger partial charge in [-0.15, -0.1) is 0 Å². The summed E-state index contributed by atoms with van der Waals surface area (Å²) in [6.07, 6.45) is 7.65. The standard InChI is InChI=1S/C25H29NO3/c1-16-3-8-23(22(26-16)12-17-4-6-21(28-2)7-5-17)29-24(27)25-13-18-9-19(14-25)11-20(10-18)15-25/h3-8,18-20H,9-15H2,1-2H3. The molecule has 1 aromatic heterocycles. The molecule has 0 spiro atoms. The topological polar surface area (TPSA) is 48.4 Å². The number of methoxy groups -OCH3 is 1. The number of aromatic nitrogens is 1. The highest BCUT2D eigenvalue weighted by atomic mass is 16.5. The van der Waals surface area contributed by atoms with E-state index < -0.39 is 0 Å². The largest absolute Gasteiger partial charge is 0.497 e. The second kappa shape index (κ2) is 7.16. The average molecular weight is 392 g/mol. The van der Waals surface area contributed by atoms with E-state index in [1.165, 1.54) is 19.3 Å². The van der Waals surface area contributed by atoms with Gasteiger partial charge in [-0.05, 0) is 93.0 Å². The molecule has 4 saturated carbocycles. The van der Waals surface area contributed by atoms with Gasteiger partial charge in [-0.2, -0.15) is 0 Å². The Morgan fingerprint density at radius 3 is 2.21 bits per heavy atom. The highest BCUT2D eigenvalue weighted by Gasteiger charge is 2.55. The molecule has 152 valence electrons. The van der Waals surface area contributed by atoms with Crippen molar-refractivity contribution in [3.8, 4) is 11.5 Å². The lowest BCUT2D eigenvalue weighted by Gasteiger charge is -2.55. The zero-order valence-corrected chi connectivity index (χ0v) is 17.3. The van der Waals surface area contributed by atoms with E-state index in [0.29, 0.717) is 12.2 Å². The molecule has 29 heavy (non-hydrogen) atoms. The van der Waals surface area contributed by atoms with E-state index in [9.17, 15) is 4.79 Å². The predicted molar refractivity (Wildman–Crippen MR) is 111 cm³/mol. The smallest absolute Gasteiger partial charge is 0.317 e. The molecule has 0 N–H and O–H groups in total. The van der Waals surface area contributed by atoms with Crippen LogP contribution >= 0.6 is 0 Å². The summed E-state index contributed by atoms with van der Waals surface area (Å²) >= 11 is 0. The first-order chi connectivity index (χ1) is 14.0. The van der Waals surface area contributed by atoms with Gasteiger partial charge in [-0.3, -0.25) is 9.78 Å². The first-order valence-corrected chi connectivity index (χ1v) is 10.8. The van der Waals surface area contributed by atoms with E-state index in [1.54, 1.807) is 7.11 Å². The number of esters is 1. The van der Waals surface area contributed by atoms with Gasteiger partial charge in [-0.1, -0.05) is 12.1 Å². The van der Waals surface area contributed by atoms with Crippen LogP contribution in [0.2, 0.25) is 0 Å². The minimum atomic E-state index is -0.253. The summed E-state index contributed by atoms with van der Waals surface area (Å²) in [7, 11) is 1.67. The van der Waals surface area contributed by atoms with Crippen molar-refractivity contribution in [3.63, 3.8) is 0 Å². The molecular weight excluding hydrogens is 362 g/mol. The van der Waals surface area contributed by atoms with Gasteiger partial charge in [-0.25, -0.2) is 0 Å². The summed E-state index contributed by atoms with van der Waals surface area (Å²) in [6, 6.07) is 11.8. The number of hydrogen-bond acceptors (Lipinski definition) is 4. The van der Waals surface area contributed by atoms with Gasteiger partial charge in [0.1, 0.15) is 5.75 Å². The van der Waals surface area contributed by atoms with E-state index in [1.807, 2.05) is 43.3 Å². The van der Waals surface area contributed by atoms with Crippen LogP contribution in [0, 0.1) is 30.1 Å². The van der Waals surface area contributed by atoms with Crippen LogP contribution in [0.25, 0.3) is 0 Å². The molecule has 0 aliphatic heterocycles. The molecule has 4 aliphatic carbocycles. The molecule has 0 amide bonds. The maximum Gasteiger partial charge on any atom is 0.317 e. The van der Waals surface area contributed by atoms with Crippen molar-refractivity contribution in [1.82, 2.24) is 4.98 Å². The minimum Gasteiger partial charge on any atom is -0.497 e. The average Bonchev–Trinajstić information content (AvgIpc) is 2.69. The highest BCUT2D eigenvalue weighted by molar-refractivity contribution is 5.80. The Kier molecular flexibility index (Phi) is 4.60. The molecule has 0 atom stereocenters. The Balaban J connectivity index is 1.37. The Bertz CT molecular complexity index is 883. The maximum absolute atomic E-state index is 13.4. The van der Waals surface area contributed by atoms with Crippen LogP contribution < -0.4 is 9.47 Å². The van der Waals surface area contributed by atoms with E-state index in [0.717, 1.165) is 59.7 Å². The number of nitrogens with zero attached hydrogens (tertiary/aromatic N) is 1. The summed E-state index contributed by atoms with van der Waals surface area (Å²) in [5.74, 6) is 3.61. The lowest BCUT2D eigenvalue weighted by atomic mass is 9.49. The molecule has 4 fully saturated rings. The summed E-state index contributed by atoms with van der Waals surface area (Å²) in [5, 5.41) is 0. The number of ether oxygens (including phenoxy) is 2. The monoisotopic (exact) mass is 391 g/mol. The van der Waals surface area contributed by atoms with Crippen LogP contribution in [0.3, 0.4) is 0 Å². The zero-order chi connectivity index (χ0) is 20.0. The van der Waals surface area contributed by atoms with Crippen LogP contribution in [-0.2, 0) is 11.2 Å². The number of carbonyl (C=O) groups excluding carboxylic acids is 1. The Labute approximate surface area is 172 Å². The van der Waals surface area contributed by atoms with Crippen LogP contribution in [0.15, 0.2) is 36.4 Å². The lowest BCUT2D eigenvalue weighted by Crippen LogP contribution is -2.51. The third kappa shape index (κ3) is 3.54. The Morgan fingerprint density at radius 1 is 1.00 bits per heavy atom. The van der Waals surface area contributed by atoms with Gasteiger partial charge >= 0.3 is 5.97 Å². The fourth-order valence-electron chi connectivity index (χ4n) is 6.32. The van der Waals surface area contributed by atoms with Gasteiger partial charge in [0.05, 0.1) is 18.2 Å². The van der Waals surface area contributed by atoms with E-state index >= 15 is 0 Å². The second-order valence-corrected chi connectivity index (χ2v) is 9.51. The summed E-state index contributed by atoms with van der Waals surface area (Å²) in [4.78, 5) is 18.1. The molecule has 4 bridgehead atoms. The van der Waals surface area contributed by atoms with Crippen molar-refractivity contribution < 1.29 is 14.3 Å². The molecule has 0 saturated heterocycles. The summed E-state index contributed by atoms with van der Waals surface area (Å²) in [5.41, 5.74) is 2.63. The lowest BCUT2D eigenvalue weighted by molar-refractivity contribution is -0.161. The molecule has 0 unspecified atom stereocenters. The van der Waals surface area contributed by atoms with E-state index in [2.05, 4.69) is 0 Å². The van der Waals surface area contributed by atoms with Crippen LogP contribution in [0.5, 0.6) is 11.5 Å². The first-order valence-electron chi connectivity index (χ1n) is 10.8. The van der Waals surface area contributed by atoms with E-state index in [4.69, 9.17) is 14.5 Å². The van der Waals surface area contributed by atoms with Crippen molar-refractivity contribution in [2.24, 2.45) is 23.2 Å². The SMILES string of the molecule is COc1ccc(Cc2nc(C)ccc2OC(=O)C23CC4CC(CC(C4)C2)C3)cc1. The number of hydrogen-bond donors (Lipinski definition) is 0. The van der Waals surface area contributed by atoms with Crippen molar-refractivity contribution in [1.29, 1.82) is 0 Å². The van der Waals surface area contributed by atoms with Gasteiger partial charge in [0.2, 0.25) is 0 Å². The fraction of sp³-hybridized carbons (Fsp3) is 0.520. The number of pyridine rings is 1. The number of rotatable bonds is 5. The predicted octanol–water partition coefficient (Wildman–Crippen LogP) is 5.11. The number of aryl methyl sites for hydroxylation is 1. The summed E-state index contributed by atoms with van der Waals surface area (Å²) in [6.45, 7) is 1.97. The van der Waals surface area contributed by atoms with E-state index in [-0.39, 0.29) is 11.4 Å². The van der Waals surface area contributed by atoms with Crippen LogP contribution in [-0.4, -0.2) is 18.1 Å². The highest BCUT2D eigenvalue weighted by Crippen LogP contribution is 2.60. The molecule has 1 aromatic carbocycles. The van der Waals surface area contributed by atoms with Crippen molar-refractivity contribution in [2.75, 3.05) is 7.11 Å². The quantitative estimate of drug-likeness (QED) is 0.665.